The monoisotopic (exact) mass is 354 g/mol. The van der Waals surface area contributed by atoms with Crippen LogP contribution in [0.1, 0.15) is 43.0 Å². The zero-order valence-corrected chi connectivity index (χ0v) is 13.5. The lowest BCUT2D eigenvalue weighted by Crippen LogP contribution is -2.37. The maximum atomic E-state index is 12.4. The number of hydrogen-bond donors (Lipinski definition) is 2. The van der Waals surface area contributed by atoms with Crippen molar-refractivity contribution in [2.75, 3.05) is 11.9 Å². The van der Waals surface area contributed by atoms with E-state index in [-0.39, 0.29) is 11.6 Å². The third kappa shape index (κ3) is 4.20. The fourth-order valence-electron chi connectivity index (χ4n) is 2.16. The highest BCUT2D eigenvalue weighted by molar-refractivity contribution is 9.10. The molecule has 5 nitrogen and oxygen atoms in total. The molecule has 2 rings (SSSR count). The summed E-state index contributed by atoms with van der Waals surface area (Å²) in [6.07, 6.45) is 4.03. The van der Waals surface area contributed by atoms with Gasteiger partial charge in [0.2, 0.25) is 0 Å². The van der Waals surface area contributed by atoms with Gasteiger partial charge in [-0.1, -0.05) is 29.3 Å². The molecule has 0 atom stereocenters. The second-order valence-corrected chi connectivity index (χ2v) is 6.12. The Bertz CT molecular complexity index is 544. The van der Waals surface area contributed by atoms with Crippen molar-refractivity contribution in [2.45, 2.75) is 38.6 Å². The molecule has 1 fully saturated rings. The number of rotatable bonds is 6. The number of halogens is 1. The van der Waals surface area contributed by atoms with Crippen LogP contribution in [0.2, 0.25) is 0 Å². The summed E-state index contributed by atoms with van der Waals surface area (Å²) in [4.78, 5) is 25.4. The molecule has 21 heavy (non-hydrogen) atoms. The molecule has 0 saturated heterocycles. The van der Waals surface area contributed by atoms with Gasteiger partial charge in [0.05, 0.1) is 11.3 Å². The topological polar surface area (TPSA) is 69.6 Å². The molecule has 0 aromatic heterocycles. The molecule has 0 bridgehead atoms. The summed E-state index contributed by atoms with van der Waals surface area (Å²) in [5.41, 5.74) is 0.418. The first kappa shape index (κ1) is 15.8. The van der Waals surface area contributed by atoms with Crippen LogP contribution in [0.15, 0.2) is 22.7 Å². The Labute approximate surface area is 132 Å². The average molecular weight is 355 g/mol. The lowest BCUT2D eigenvalue weighted by molar-refractivity contribution is 0.0698. The number of unbranched alkanes of at least 4 members (excludes halogenated alkanes) is 1. The summed E-state index contributed by atoms with van der Waals surface area (Å²) in [6.45, 7) is 2.79. The van der Waals surface area contributed by atoms with E-state index in [0.717, 1.165) is 30.2 Å². The van der Waals surface area contributed by atoms with Crippen molar-refractivity contribution in [3.63, 3.8) is 0 Å². The minimum Gasteiger partial charge on any atom is -0.478 e. The molecule has 1 aromatic rings. The van der Waals surface area contributed by atoms with Gasteiger partial charge in [-0.3, -0.25) is 0 Å². The highest BCUT2D eigenvalue weighted by Gasteiger charge is 2.32. The average Bonchev–Trinajstić information content (AvgIpc) is 3.23. The van der Waals surface area contributed by atoms with E-state index in [0.29, 0.717) is 18.3 Å². The Balaban J connectivity index is 2.13. The number of carbonyl (C=O) groups is 2. The number of anilines is 1. The van der Waals surface area contributed by atoms with Crippen molar-refractivity contribution < 1.29 is 14.7 Å². The van der Waals surface area contributed by atoms with E-state index in [1.165, 1.54) is 6.07 Å². The van der Waals surface area contributed by atoms with Crippen molar-refractivity contribution in [3.05, 3.63) is 28.2 Å². The Hall–Kier alpha value is -1.56. The maximum absolute atomic E-state index is 12.4. The zero-order valence-electron chi connectivity index (χ0n) is 11.9. The number of nitrogens with zero attached hydrogens (tertiary/aromatic N) is 1. The molecular weight excluding hydrogens is 336 g/mol. The highest BCUT2D eigenvalue weighted by Crippen LogP contribution is 2.29. The number of carboxylic acids is 1. The van der Waals surface area contributed by atoms with Crippen LogP contribution in [0.4, 0.5) is 10.5 Å². The molecule has 6 heteroatoms. The summed E-state index contributed by atoms with van der Waals surface area (Å²) < 4.78 is 0.731. The molecule has 0 unspecified atom stereocenters. The molecular formula is C15H19BrN2O3. The summed E-state index contributed by atoms with van der Waals surface area (Å²) in [5.74, 6) is -1.05. The van der Waals surface area contributed by atoms with E-state index >= 15 is 0 Å². The molecule has 0 spiro atoms. The standard InChI is InChI=1S/C15H19BrN2O3/c1-2-3-8-18(11-5-6-11)15(21)17-13-9-10(16)4-7-12(13)14(19)20/h4,7,9,11H,2-3,5-6,8H2,1H3,(H,17,21)(H,19,20). The maximum Gasteiger partial charge on any atom is 0.337 e. The fourth-order valence-corrected chi connectivity index (χ4v) is 2.52. The van der Waals surface area contributed by atoms with Crippen molar-refractivity contribution >= 4 is 33.6 Å². The lowest BCUT2D eigenvalue weighted by Gasteiger charge is -2.23. The highest BCUT2D eigenvalue weighted by atomic mass is 79.9. The van der Waals surface area contributed by atoms with Crippen LogP contribution in [-0.4, -0.2) is 34.6 Å². The molecule has 1 saturated carbocycles. The molecule has 2 amide bonds. The minimum absolute atomic E-state index is 0.0952. The number of carboxylic acid groups (broad SMARTS) is 1. The number of nitrogens with one attached hydrogen (secondary N) is 1. The molecule has 1 aromatic carbocycles. The van der Waals surface area contributed by atoms with Gasteiger partial charge < -0.3 is 15.3 Å². The summed E-state index contributed by atoms with van der Waals surface area (Å²) in [5, 5.41) is 11.9. The zero-order chi connectivity index (χ0) is 15.4. The molecule has 2 N–H and O–H groups in total. The van der Waals surface area contributed by atoms with Gasteiger partial charge in [-0.2, -0.15) is 0 Å². The third-order valence-electron chi connectivity index (χ3n) is 3.45. The van der Waals surface area contributed by atoms with E-state index in [4.69, 9.17) is 0 Å². The van der Waals surface area contributed by atoms with Crippen LogP contribution in [0.3, 0.4) is 0 Å². The largest absolute Gasteiger partial charge is 0.478 e. The molecule has 1 aliphatic rings. The van der Waals surface area contributed by atoms with Gasteiger partial charge in [-0.15, -0.1) is 0 Å². The predicted molar refractivity (Wildman–Crippen MR) is 84.8 cm³/mol. The predicted octanol–water partition coefficient (Wildman–Crippen LogP) is 3.94. The van der Waals surface area contributed by atoms with Crippen LogP contribution >= 0.6 is 15.9 Å². The summed E-state index contributed by atoms with van der Waals surface area (Å²) in [7, 11) is 0. The van der Waals surface area contributed by atoms with E-state index in [1.807, 2.05) is 4.90 Å². The first-order chi connectivity index (χ1) is 10.0. The van der Waals surface area contributed by atoms with Crippen LogP contribution in [0.5, 0.6) is 0 Å². The number of benzene rings is 1. The second kappa shape index (κ2) is 6.93. The Kier molecular flexibility index (Phi) is 5.22. The summed E-state index contributed by atoms with van der Waals surface area (Å²) >= 11 is 3.30. The van der Waals surface area contributed by atoms with Gasteiger partial charge in [0.15, 0.2) is 0 Å². The van der Waals surface area contributed by atoms with Gasteiger partial charge in [-0.05, 0) is 37.5 Å². The van der Waals surface area contributed by atoms with Crippen LogP contribution in [0.25, 0.3) is 0 Å². The fraction of sp³-hybridized carbons (Fsp3) is 0.467. The van der Waals surface area contributed by atoms with Gasteiger partial charge in [0.1, 0.15) is 0 Å². The van der Waals surface area contributed by atoms with E-state index in [9.17, 15) is 14.7 Å². The molecule has 0 heterocycles. The third-order valence-corrected chi connectivity index (χ3v) is 3.95. The van der Waals surface area contributed by atoms with Gasteiger partial charge >= 0.3 is 12.0 Å². The lowest BCUT2D eigenvalue weighted by atomic mass is 10.2. The number of urea groups is 1. The van der Waals surface area contributed by atoms with Gasteiger partial charge in [0, 0.05) is 17.1 Å². The van der Waals surface area contributed by atoms with Crippen LogP contribution < -0.4 is 5.32 Å². The number of carbonyl (C=O) groups excluding carboxylic acids is 1. The number of aromatic carboxylic acids is 1. The molecule has 0 radical (unpaired) electrons. The van der Waals surface area contributed by atoms with Crippen molar-refractivity contribution in [1.29, 1.82) is 0 Å². The molecule has 0 aliphatic heterocycles. The van der Waals surface area contributed by atoms with Crippen LogP contribution in [0, 0.1) is 0 Å². The van der Waals surface area contributed by atoms with Gasteiger partial charge in [0.25, 0.3) is 0 Å². The Morgan fingerprint density at radius 3 is 2.71 bits per heavy atom. The van der Waals surface area contributed by atoms with Crippen LogP contribution in [-0.2, 0) is 0 Å². The Morgan fingerprint density at radius 1 is 1.43 bits per heavy atom. The summed E-state index contributed by atoms with van der Waals surface area (Å²) in [6, 6.07) is 4.83. The normalized spacial score (nSPS) is 13.8. The number of hydrogen-bond acceptors (Lipinski definition) is 2. The first-order valence-electron chi connectivity index (χ1n) is 7.13. The van der Waals surface area contributed by atoms with Crippen molar-refractivity contribution in [2.24, 2.45) is 0 Å². The van der Waals surface area contributed by atoms with Crippen molar-refractivity contribution in [1.82, 2.24) is 4.90 Å². The smallest absolute Gasteiger partial charge is 0.337 e. The SMILES string of the molecule is CCCCN(C(=O)Nc1cc(Br)ccc1C(=O)O)C1CC1. The minimum atomic E-state index is -1.05. The Morgan fingerprint density at radius 2 is 2.14 bits per heavy atom. The molecule has 114 valence electrons. The quantitative estimate of drug-likeness (QED) is 0.812. The van der Waals surface area contributed by atoms with E-state index < -0.39 is 5.97 Å². The van der Waals surface area contributed by atoms with E-state index in [2.05, 4.69) is 28.2 Å². The number of amides is 2. The van der Waals surface area contributed by atoms with Crippen molar-refractivity contribution in [3.8, 4) is 0 Å². The molecule has 1 aliphatic carbocycles. The first-order valence-corrected chi connectivity index (χ1v) is 7.92. The van der Waals surface area contributed by atoms with E-state index in [1.54, 1.807) is 12.1 Å². The second-order valence-electron chi connectivity index (χ2n) is 5.20. The van der Waals surface area contributed by atoms with Gasteiger partial charge in [-0.25, -0.2) is 9.59 Å².